The van der Waals surface area contributed by atoms with E-state index in [1.165, 1.54) is 0 Å². The summed E-state index contributed by atoms with van der Waals surface area (Å²) in [6, 6.07) is 9.91. The molecular weight excluding hydrogens is 350 g/mol. The van der Waals surface area contributed by atoms with Crippen LogP contribution in [0.2, 0.25) is 0 Å². The number of fused-ring (bicyclic) bond motifs is 1. The Balaban J connectivity index is 1.38. The molecule has 3 heterocycles. The number of piperidine rings is 1. The topological polar surface area (TPSA) is 79.4 Å². The van der Waals surface area contributed by atoms with Gasteiger partial charge in [-0.05, 0) is 30.7 Å². The summed E-state index contributed by atoms with van der Waals surface area (Å²) in [7, 11) is -2.85. The number of sulfone groups is 1. The SMILES string of the molecule is O=C(NC1CCN(C2CCS(=O)(=O)C2)CC1)c1nccc2ccccc12. The fourth-order valence-electron chi connectivity index (χ4n) is 4.03. The minimum absolute atomic E-state index is 0.109. The van der Waals surface area contributed by atoms with Crippen LogP contribution in [0.5, 0.6) is 0 Å². The van der Waals surface area contributed by atoms with E-state index in [0.29, 0.717) is 11.4 Å². The minimum atomic E-state index is -2.85. The molecule has 2 saturated heterocycles. The van der Waals surface area contributed by atoms with E-state index in [0.717, 1.165) is 43.1 Å². The summed E-state index contributed by atoms with van der Waals surface area (Å²) in [5, 5.41) is 4.98. The Labute approximate surface area is 153 Å². The molecule has 0 radical (unpaired) electrons. The van der Waals surface area contributed by atoms with Crippen LogP contribution in [0, 0.1) is 0 Å². The van der Waals surface area contributed by atoms with Crippen LogP contribution in [0.25, 0.3) is 10.8 Å². The van der Waals surface area contributed by atoms with Gasteiger partial charge in [0.25, 0.3) is 5.91 Å². The molecule has 2 aromatic rings. The molecule has 2 aliphatic rings. The molecule has 2 aliphatic heterocycles. The lowest BCUT2D eigenvalue weighted by molar-refractivity contribution is 0.0895. The molecule has 138 valence electrons. The van der Waals surface area contributed by atoms with Crippen molar-refractivity contribution in [3.8, 4) is 0 Å². The Hall–Kier alpha value is -1.99. The van der Waals surface area contributed by atoms with Crippen LogP contribution < -0.4 is 5.32 Å². The van der Waals surface area contributed by atoms with Gasteiger partial charge in [-0.3, -0.25) is 14.7 Å². The molecular formula is C19H23N3O3S. The first-order chi connectivity index (χ1) is 12.5. The Morgan fingerprint density at radius 2 is 1.88 bits per heavy atom. The van der Waals surface area contributed by atoms with Gasteiger partial charge in [0.05, 0.1) is 11.5 Å². The highest BCUT2D eigenvalue weighted by Gasteiger charge is 2.34. The monoisotopic (exact) mass is 373 g/mol. The Kier molecular flexibility index (Phi) is 4.67. The number of carbonyl (C=O) groups excluding carboxylic acids is 1. The zero-order valence-corrected chi connectivity index (χ0v) is 15.4. The number of carbonyl (C=O) groups is 1. The van der Waals surface area contributed by atoms with E-state index >= 15 is 0 Å². The highest BCUT2D eigenvalue weighted by Crippen LogP contribution is 2.22. The molecule has 26 heavy (non-hydrogen) atoms. The summed E-state index contributed by atoms with van der Waals surface area (Å²) < 4.78 is 23.3. The number of nitrogens with one attached hydrogen (secondary N) is 1. The Morgan fingerprint density at radius 3 is 2.62 bits per heavy atom. The summed E-state index contributed by atoms with van der Waals surface area (Å²) in [6.45, 7) is 1.65. The lowest BCUT2D eigenvalue weighted by Crippen LogP contribution is -2.48. The number of pyridine rings is 1. The number of nitrogens with zero attached hydrogens (tertiary/aromatic N) is 2. The van der Waals surface area contributed by atoms with Gasteiger partial charge in [-0.2, -0.15) is 0 Å². The first-order valence-electron chi connectivity index (χ1n) is 9.11. The normalized spacial score (nSPS) is 23.9. The van der Waals surface area contributed by atoms with Gasteiger partial charge < -0.3 is 5.32 Å². The van der Waals surface area contributed by atoms with Crippen LogP contribution in [0.3, 0.4) is 0 Å². The molecule has 1 atom stereocenters. The van der Waals surface area contributed by atoms with Gasteiger partial charge in [0, 0.05) is 36.8 Å². The van der Waals surface area contributed by atoms with Crippen molar-refractivity contribution in [3.05, 3.63) is 42.2 Å². The maximum Gasteiger partial charge on any atom is 0.270 e. The van der Waals surface area contributed by atoms with Crippen molar-refractivity contribution in [2.75, 3.05) is 24.6 Å². The zero-order chi connectivity index (χ0) is 18.1. The molecule has 1 aromatic carbocycles. The van der Waals surface area contributed by atoms with Gasteiger partial charge in [0.15, 0.2) is 9.84 Å². The predicted octanol–water partition coefficient (Wildman–Crippen LogP) is 1.62. The van der Waals surface area contributed by atoms with Crippen molar-refractivity contribution < 1.29 is 13.2 Å². The first kappa shape index (κ1) is 17.4. The van der Waals surface area contributed by atoms with Crippen molar-refractivity contribution in [1.29, 1.82) is 0 Å². The van der Waals surface area contributed by atoms with Gasteiger partial charge in [0.2, 0.25) is 0 Å². The quantitative estimate of drug-likeness (QED) is 0.884. The van der Waals surface area contributed by atoms with E-state index in [-0.39, 0.29) is 23.7 Å². The number of aromatic nitrogens is 1. The highest BCUT2D eigenvalue weighted by molar-refractivity contribution is 7.91. The summed E-state index contributed by atoms with van der Waals surface area (Å²) in [6.07, 6.45) is 4.08. The average Bonchev–Trinajstić information content (AvgIpc) is 3.01. The molecule has 0 spiro atoms. The van der Waals surface area contributed by atoms with Crippen LogP contribution >= 0.6 is 0 Å². The summed E-state index contributed by atoms with van der Waals surface area (Å²) in [5.41, 5.74) is 0.465. The Morgan fingerprint density at radius 1 is 1.12 bits per heavy atom. The van der Waals surface area contributed by atoms with E-state index in [4.69, 9.17) is 0 Å². The van der Waals surface area contributed by atoms with Crippen LogP contribution in [0.1, 0.15) is 29.8 Å². The first-order valence-corrected chi connectivity index (χ1v) is 10.9. The van der Waals surface area contributed by atoms with Crippen LogP contribution in [0.4, 0.5) is 0 Å². The Bertz CT molecular complexity index is 915. The predicted molar refractivity (Wildman–Crippen MR) is 101 cm³/mol. The molecule has 1 unspecified atom stereocenters. The molecule has 1 N–H and O–H groups in total. The second-order valence-electron chi connectivity index (χ2n) is 7.22. The number of hydrogen-bond donors (Lipinski definition) is 1. The number of amides is 1. The summed E-state index contributed by atoms with van der Waals surface area (Å²) >= 11 is 0. The van der Waals surface area contributed by atoms with E-state index < -0.39 is 9.84 Å². The molecule has 1 aromatic heterocycles. The van der Waals surface area contributed by atoms with Gasteiger partial charge >= 0.3 is 0 Å². The van der Waals surface area contributed by atoms with E-state index in [1.54, 1.807) is 6.20 Å². The van der Waals surface area contributed by atoms with E-state index in [9.17, 15) is 13.2 Å². The fourth-order valence-corrected chi connectivity index (χ4v) is 5.79. The van der Waals surface area contributed by atoms with E-state index in [2.05, 4.69) is 15.2 Å². The summed E-state index contributed by atoms with van der Waals surface area (Å²) in [5.74, 6) is 0.453. The van der Waals surface area contributed by atoms with Gasteiger partial charge in [-0.25, -0.2) is 8.42 Å². The number of likely N-dealkylation sites (tertiary alicyclic amines) is 1. The molecule has 7 heteroatoms. The van der Waals surface area contributed by atoms with Crippen LogP contribution in [-0.4, -0.2) is 60.9 Å². The van der Waals surface area contributed by atoms with Crippen LogP contribution in [-0.2, 0) is 9.84 Å². The minimum Gasteiger partial charge on any atom is -0.348 e. The zero-order valence-electron chi connectivity index (χ0n) is 14.6. The van der Waals surface area contributed by atoms with Crippen molar-refractivity contribution >= 4 is 26.5 Å². The molecule has 6 nitrogen and oxygen atoms in total. The largest absolute Gasteiger partial charge is 0.348 e. The molecule has 1 amide bonds. The summed E-state index contributed by atoms with van der Waals surface area (Å²) in [4.78, 5) is 19.2. The molecule has 4 rings (SSSR count). The molecule has 0 saturated carbocycles. The fraction of sp³-hybridized carbons (Fsp3) is 0.474. The second kappa shape index (κ2) is 6.96. The highest BCUT2D eigenvalue weighted by atomic mass is 32.2. The number of hydrogen-bond acceptors (Lipinski definition) is 5. The van der Waals surface area contributed by atoms with Crippen molar-refractivity contribution in [3.63, 3.8) is 0 Å². The molecule has 0 aliphatic carbocycles. The van der Waals surface area contributed by atoms with Crippen molar-refractivity contribution in [1.82, 2.24) is 15.2 Å². The van der Waals surface area contributed by atoms with Gasteiger partial charge in [-0.15, -0.1) is 0 Å². The maximum atomic E-state index is 12.7. The number of benzene rings is 1. The second-order valence-corrected chi connectivity index (χ2v) is 9.45. The maximum absolute atomic E-state index is 12.7. The van der Waals surface area contributed by atoms with Gasteiger partial charge in [-0.1, -0.05) is 24.3 Å². The van der Waals surface area contributed by atoms with Crippen LogP contribution in [0.15, 0.2) is 36.5 Å². The standard InChI is InChI=1S/C19H23N3O3S/c23-19(18-17-4-2-1-3-14(17)5-9-20-18)21-15-6-10-22(11-7-15)16-8-12-26(24,25)13-16/h1-5,9,15-16H,6-8,10-13H2,(H,21,23). The van der Waals surface area contributed by atoms with Gasteiger partial charge in [0.1, 0.15) is 5.69 Å². The third-order valence-corrected chi connectivity index (χ3v) is 7.23. The van der Waals surface area contributed by atoms with E-state index in [1.807, 2.05) is 30.3 Å². The lowest BCUT2D eigenvalue weighted by atomic mass is 10.0. The third kappa shape index (κ3) is 3.59. The van der Waals surface area contributed by atoms with Crippen molar-refractivity contribution in [2.45, 2.75) is 31.3 Å². The average molecular weight is 373 g/mol. The lowest BCUT2D eigenvalue weighted by Gasteiger charge is -2.35. The smallest absolute Gasteiger partial charge is 0.270 e. The molecule has 0 bridgehead atoms. The molecule has 2 fully saturated rings. The number of rotatable bonds is 3. The van der Waals surface area contributed by atoms with Crippen molar-refractivity contribution in [2.24, 2.45) is 0 Å². The third-order valence-electron chi connectivity index (χ3n) is 5.48.